The van der Waals surface area contributed by atoms with Crippen molar-refractivity contribution in [1.82, 2.24) is 0 Å². The smallest absolute Gasteiger partial charge is 0.143 e. The van der Waals surface area contributed by atoms with Gasteiger partial charge in [0.2, 0.25) is 0 Å². The Labute approximate surface area is 165 Å². The summed E-state index contributed by atoms with van der Waals surface area (Å²) in [6.07, 6.45) is 1.27. The van der Waals surface area contributed by atoms with Crippen molar-refractivity contribution in [3.05, 3.63) is 0 Å². The lowest BCUT2D eigenvalue weighted by atomic mass is 10.2. The highest BCUT2D eigenvalue weighted by molar-refractivity contribution is 8.03. The van der Waals surface area contributed by atoms with Crippen LogP contribution in [0.4, 0.5) is 0 Å². The van der Waals surface area contributed by atoms with E-state index in [1.807, 2.05) is 13.8 Å². The van der Waals surface area contributed by atoms with E-state index in [9.17, 15) is 19.2 Å². The number of thioether (sulfide) groups is 2. The van der Waals surface area contributed by atoms with Crippen LogP contribution in [0.15, 0.2) is 0 Å². The van der Waals surface area contributed by atoms with Crippen LogP contribution in [0, 0.1) is 0 Å². The summed E-state index contributed by atoms with van der Waals surface area (Å²) in [6.45, 7) is 10.0. The van der Waals surface area contributed by atoms with Crippen LogP contribution in [0.2, 0.25) is 0 Å². The van der Waals surface area contributed by atoms with E-state index in [-0.39, 0.29) is 62.2 Å². The van der Waals surface area contributed by atoms with Crippen LogP contribution in [0.3, 0.4) is 0 Å². The molecule has 0 radical (unpaired) electrons. The molecule has 0 aliphatic rings. The molecule has 0 aromatic heterocycles. The molecule has 5 atom stereocenters. The van der Waals surface area contributed by atoms with Gasteiger partial charge in [0.25, 0.3) is 0 Å². The average Bonchev–Trinajstić information content (AvgIpc) is 2.48. The van der Waals surface area contributed by atoms with E-state index in [2.05, 4.69) is 0 Å². The van der Waals surface area contributed by atoms with Crippen molar-refractivity contribution in [1.29, 1.82) is 0 Å². The highest BCUT2D eigenvalue weighted by Crippen LogP contribution is 2.35. The maximum absolute atomic E-state index is 11.8. The molecule has 0 spiro atoms. The van der Waals surface area contributed by atoms with Crippen LogP contribution in [0.1, 0.15) is 60.8 Å². The van der Waals surface area contributed by atoms with Gasteiger partial charge in [-0.05, 0) is 34.1 Å². The number of carbonyl (C=O) groups excluding carboxylic acids is 4. The summed E-state index contributed by atoms with van der Waals surface area (Å²) < 4.78 is 0. The van der Waals surface area contributed by atoms with Crippen LogP contribution in [-0.4, -0.2) is 49.4 Å². The molecule has 0 fully saturated rings. The molecule has 4 nitrogen and oxygen atoms in total. The quantitative estimate of drug-likeness (QED) is 0.469. The highest BCUT2D eigenvalue weighted by Gasteiger charge is 2.31. The first kappa shape index (κ1) is 24.7. The second-order valence-electron chi connectivity index (χ2n) is 6.43. The molecule has 0 amide bonds. The van der Waals surface area contributed by atoms with Crippen LogP contribution in [0.25, 0.3) is 0 Å². The fourth-order valence-electron chi connectivity index (χ4n) is 2.37. The van der Waals surface area contributed by atoms with Crippen molar-refractivity contribution >= 4 is 59.3 Å². The van der Waals surface area contributed by atoms with Gasteiger partial charge in [-0.25, -0.2) is 0 Å². The highest BCUT2D eigenvalue weighted by atomic mass is 32.2. The first-order chi connectivity index (χ1) is 11.5. The van der Waals surface area contributed by atoms with E-state index in [0.29, 0.717) is 0 Å². The Morgan fingerprint density at radius 1 is 0.840 bits per heavy atom. The summed E-state index contributed by atoms with van der Waals surface area (Å²) in [6, 6.07) is 0. The van der Waals surface area contributed by atoms with E-state index in [4.69, 9.17) is 12.6 Å². The summed E-state index contributed by atoms with van der Waals surface area (Å²) in [5, 5.41) is -0.633. The fourth-order valence-corrected chi connectivity index (χ4v) is 6.03. The number of thiol groups is 1. The predicted molar refractivity (Wildman–Crippen MR) is 111 cm³/mol. The topological polar surface area (TPSA) is 68.3 Å². The minimum Gasteiger partial charge on any atom is -0.300 e. The molecule has 144 valence electrons. The van der Waals surface area contributed by atoms with Crippen LogP contribution in [-0.2, 0) is 19.2 Å². The van der Waals surface area contributed by atoms with Crippen molar-refractivity contribution in [2.24, 2.45) is 0 Å². The lowest BCUT2D eigenvalue weighted by Gasteiger charge is -2.30. The zero-order valence-electron chi connectivity index (χ0n) is 15.9. The largest absolute Gasteiger partial charge is 0.300 e. The number of hydrogen-bond acceptors (Lipinski definition) is 7. The molecule has 7 heteroatoms. The van der Waals surface area contributed by atoms with Crippen molar-refractivity contribution < 1.29 is 19.2 Å². The van der Waals surface area contributed by atoms with Crippen molar-refractivity contribution in [2.45, 2.75) is 87.1 Å². The van der Waals surface area contributed by atoms with Gasteiger partial charge in [0.05, 0.1) is 10.5 Å². The summed E-state index contributed by atoms with van der Waals surface area (Å²) >= 11 is 7.70. The zero-order valence-corrected chi connectivity index (χ0v) is 18.4. The predicted octanol–water partition coefficient (Wildman–Crippen LogP) is 3.79. The molecule has 2 unspecified atom stereocenters. The lowest BCUT2D eigenvalue weighted by Crippen LogP contribution is -2.33. The Bertz CT molecular complexity index is 493. The van der Waals surface area contributed by atoms with Crippen LogP contribution < -0.4 is 0 Å². The molecule has 25 heavy (non-hydrogen) atoms. The summed E-state index contributed by atoms with van der Waals surface area (Å²) in [5.41, 5.74) is 0. The second kappa shape index (κ2) is 12.2. The number of rotatable bonds is 13. The number of ketones is 4. The Morgan fingerprint density at radius 3 is 1.56 bits per heavy atom. The first-order valence-electron chi connectivity index (χ1n) is 8.48. The minimum absolute atomic E-state index is 0.00112. The third kappa shape index (κ3) is 9.85. The SMILES string of the molecule is CC[C@H](SC(CC(C)=O)C(C)=O)[C@H](S)[C@H](C)SC(CC(C)=O)C(C)=O. The molecule has 0 bridgehead atoms. The molecular weight excluding hydrogens is 376 g/mol. The standard InChI is InChI=1S/C18H30O4S3/c1-7-15(25-17(13(5)22)9-11(3)20)18(23)14(6)24-16(12(4)21)8-10(2)19/h14-18,23H,7-9H2,1-6H3/t14-,15-,16?,17?,18+/m0/s1. The van der Waals surface area contributed by atoms with Crippen LogP contribution >= 0.6 is 36.2 Å². The van der Waals surface area contributed by atoms with Gasteiger partial charge in [0.1, 0.15) is 23.1 Å². The Morgan fingerprint density at radius 2 is 1.24 bits per heavy atom. The molecule has 0 aliphatic heterocycles. The molecule has 0 N–H and O–H groups in total. The summed E-state index contributed by atoms with van der Waals surface area (Å²) in [7, 11) is 0. The van der Waals surface area contributed by atoms with Gasteiger partial charge in [-0.3, -0.25) is 19.2 Å². The van der Waals surface area contributed by atoms with Gasteiger partial charge >= 0.3 is 0 Å². The molecule has 0 aromatic rings. The van der Waals surface area contributed by atoms with Gasteiger partial charge < -0.3 is 0 Å². The maximum Gasteiger partial charge on any atom is 0.143 e. The van der Waals surface area contributed by atoms with Gasteiger partial charge in [0, 0.05) is 28.6 Å². The van der Waals surface area contributed by atoms with E-state index in [0.717, 1.165) is 6.42 Å². The van der Waals surface area contributed by atoms with Gasteiger partial charge in [-0.1, -0.05) is 13.8 Å². The number of hydrogen-bond donors (Lipinski definition) is 1. The molecule has 0 aliphatic carbocycles. The molecular formula is C18H30O4S3. The van der Waals surface area contributed by atoms with Gasteiger partial charge in [-0.15, -0.1) is 23.5 Å². The van der Waals surface area contributed by atoms with E-state index >= 15 is 0 Å². The van der Waals surface area contributed by atoms with Crippen molar-refractivity contribution in [3.8, 4) is 0 Å². The average molecular weight is 407 g/mol. The zero-order chi connectivity index (χ0) is 19.7. The first-order valence-corrected chi connectivity index (χ1v) is 10.9. The Balaban J connectivity index is 5.01. The molecule has 0 saturated carbocycles. The Hall–Kier alpha value is -0.270. The molecule has 0 saturated heterocycles. The van der Waals surface area contributed by atoms with E-state index < -0.39 is 0 Å². The summed E-state index contributed by atoms with van der Waals surface area (Å²) in [5.74, 6) is -0.0157. The minimum atomic E-state index is -0.356. The lowest BCUT2D eigenvalue weighted by molar-refractivity contribution is -0.121. The van der Waals surface area contributed by atoms with Crippen molar-refractivity contribution in [2.75, 3.05) is 0 Å². The number of Topliss-reactive ketones (excluding diaryl/α,β-unsaturated/α-hetero) is 4. The molecule has 0 aromatic carbocycles. The van der Waals surface area contributed by atoms with Crippen LogP contribution in [0.5, 0.6) is 0 Å². The van der Waals surface area contributed by atoms with Gasteiger partial charge in [-0.2, -0.15) is 12.6 Å². The number of carbonyl (C=O) groups is 4. The normalized spacial score (nSPS) is 17.2. The maximum atomic E-state index is 11.8. The molecule has 0 rings (SSSR count). The third-order valence-corrected chi connectivity index (χ3v) is 8.40. The summed E-state index contributed by atoms with van der Waals surface area (Å²) in [4.78, 5) is 46.4. The Kier molecular flexibility index (Phi) is 12.0. The molecule has 0 heterocycles. The van der Waals surface area contributed by atoms with E-state index in [1.165, 1.54) is 51.2 Å². The van der Waals surface area contributed by atoms with Gasteiger partial charge in [0.15, 0.2) is 0 Å². The van der Waals surface area contributed by atoms with Crippen molar-refractivity contribution in [3.63, 3.8) is 0 Å². The fraction of sp³-hybridized carbons (Fsp3) is 0.778. The van der Waals surface area contributed by atoms with E-state index in [1.54, 1.807) is 0 Å². The monoisotopic (exact) mass is 406 g/mol. The second-order valence-corrected chi connectivity index (χ2v) is 10.1. The third-order valence-electron chi connectivity index (χ3n) is 3.83.